The van der Waals surface area contributed by atoms with Crippen molar-refractivity contribution in [2.24, 2.45) is 0 Å². The maximum atomic E-state index is 9.04. The lowest BCUT2D eigenvalue weighted by molar-refractivity contribution is 0.662. The highest BCUT2D eigenvalue weighted by Gasteiger charge is 2.18. The summed E-state index contributed by atoms with van der Waals surface area (Å²) in [5, 5.41) is 9.46. The molecule has 2 atom stereocenters. The molecule has 0 amide bonds. The number of allylic oxidation sites excluding steroid dienone is 1. The molecule has 1 aromatic carbocycles. The Hall–Kier alpha value is -2.45. The number of nitrogens with two attached hydrogens (primary N) is 1. The van der Waals surface area contributed by atoms with Crippen molar-refractivity contribution in [3.63, 3.8) is 0 Å². The number of rotatable bonds is 4. The van der Waals surface area contributed by atoms with Crippen molar-refractivity contribution in [1.29, 1.82) is 5.26 Å². The van der Waals surface area contributed by atoms with Crippen molar-refractivity contribution in [1.82, 2.24) is 4.98 Å². The van der Waals surface area contributed by atoms with Crippen molar-refractivity contribution in [2.75, 3.05) is 10.5 Å². The quantitative estimate of drug-likeness (QED) is 0.639. The van der Waals surface area contributed by atoms with Gasteiger partial charge in [0.15, 0.2) is 0 Å². The number of aromatic nitrogens is 1. The van der Waals surface area contributed by atoms with Crippen LogP contribution in [0.25, 0.3) is 0 Å². The SMILES string of the molecule is Cc1cc(C2C=CC(SNc3cccc(N)n3)CC2)ccc1C#N. The number of aryl methyl sites for hydroxylation is 1. The largest absolute Gasteiger partial charge is 0.384 e. The first-order valence-electron chi connectivity index (χ1n) is 7.99. The van der Waals surface area contributed by atoms with E-state index in [1.54, 1.807) is 18.0 Å². The fourth-order valence-corrected chi connectivity index (χ4v) is 3.67. The van der Waals surface area contributed by atoms with E-state index in [9.17, 15) is 0 Å². The Balaban J connectivity index is 1.60. The van der Waals surface area contributed by atoms with Crippen LogP contribution in [0.15, 0.2) is 48.6 Å². The molecule has 24 heavy (non-hydrogen) atoms. The Kier molecular flexibility index (Phi) is 5.07. The van der Waals surface area contributed by atoms with E-state index in [1.807, 2.05) is 25.1 Å². The summed E-state index contributed by atoms with van der Waals surface area (Å²) in [7, 11) is 0. The average molecular weight is 336 g/mol. The van der Waals surface area contributed by atoms with Crippen LogP contribution in [-0.4, -0.2) is 10.2 Å². The van der Waals surface area contributed by atoms with E-state index in [-0.39, 0.29) is 0 Å². The van der Waals surface area contributed by atoms with Crippen molar-refractivity contribution >= 4 is 23.6 Å². The zero-order chi connectivity index (χ0) is 16.9. The minimum Gasteiger partial charge on any atom is -0.384 e. The Morgan fingerprint density at radius 1 is 1.25 bits per heavy atom. The van der Waals surface area contributed by atoms with Gasteiger partial charge in [-0.3, -0.25) is 0 Å². The van der Waals surface area contributed by atoms with Crippen molar-refractivity contribution in [3.05, 3.63) is 65.2 Å². The van der Waals surface area contributed by atoms with Gasteiger partial charge in [-0.25, -0.2) is 4.98 Å². The fourth-order valence-electron chi connectivity index (χ4n) is 2.86. The van der Waals surface area contributed by atoms with Gasteiger partial charge in [0.25, 0.3) is 0 Å². The fraction of sp³-hybridized carbons (Fsp3) is 0.263. The minimum absolute atomic E-state index is 0.420. The monoisotopic (exact) mass is 336 g/mol. The van der Waals surface area contributed by atoms with E-state index in [4.69, 9.17) is 11.0 Å². The molecule has 3 N–H and O–H groups in total. The van der Waals surface area contributed by atoms with Crippen LogP contribution in [0.4, 0.5) is 11.6 Å². The predicted octanol–water partition coefficient (Wildman–Crippen LogP) is 4.41. The standard InChI is InChI=1S/C19H20N4S/c1-13-11-15(5-6-16(13)12-20)14-7-9-17(10-8-14)24-23-19-4-2-3-18(21)22-19/h2-7,9,11,14,17H,8,10H2,1H3,(H3,21,22,23). The molecule has 1 heterocycles. The maximum Gasteiger partial charge on any atom is 0.138 e. The van der Waals surface area contributed by atoms with Gasteiger partial charge in [0.1, 0.15) is 11.6 Å². The zero-order valence-electron chi connectivity index (χ0n) is 13.6. The Labute approximate surface area is 146 Å². The van der Waals surface area contributed by atoms with E-state index in [0.717, 1.165) is 29.8 Å². The molecular weight excluding hydrogens is 316 g/mol. The lowest BCUT2D eigenvalue weighted by Crippen LogP contribution is -2.11. The van der Waals surface area contributed by atoms with Crippen molar-refractivity contribution in [2.45, 2.75) is 30.9 Å². The minimum atomic E-state index is 0.420. The van der Waals surface area contributed by atoms with Gasteiger partial charge in [0.2, 0.25) is 0 Å². The molecule has 0 saturated carbocycles. The Bertz CT molecular complexity index is 794. The van der Waals surface area contributed by atoms with Gasteiger partial charge in [0, 0.05) is 11.2 Å². The highest BCUT2D eigenvalue weighted by Crippen LogP contribution is 2.33. The third kappa shape index (κ3) is 3.90. The summed E-state index contributed by atoms with van der Waals surface area (Å²) >= 11 is 1.67. The van der Waals surface area contributed by atoms with E-state index < -0.39 is 0 Å². The van der Waals surface area contributed by atoms with Gasteiger partial charge in [-0.2, -0.15) is 5.26 Å². The number of nitrogen functional groups attached to an aromatic ring is 1. The predicted molar refractivity (Wildman–Crippen MR) is 101 cm³/mol. The summed E-state index contributed by atoms with van der Waals surface area (Å²) in [6.45, 7) is 2.00. The molecule has 4 nitrogen and oxygen atoms in total. The van der Waals surface area contributed by atoms with Gasteiger partial charge < -0.3 is 10.5 Å². The molecule has 0 bridgehead atoms. The van der Waals surface area contributed by atoms with Gasteiger partial charge in [-0.15, -0.1) is 0 Å². The molecule has 1 aliphatic rings. The molecule has 5 heteroatoms. The van der Waals surface area contributed by atoms with Crippen molar-refractivity contribution < 1.29 is 0 Å². The number of anilines is 2. The second-order valence-corrected chi connectivity index (χ2v) is 7.01. The molecule has 0 saturated heterocycles. The van der Waals surface area contributed by atoms with Crippen LogP contribution in [0.5, 0.6) is 0 Å². The number of hydrogen-bond donors (Lipinski definition) is 2. The lowest BCUT2D eigenvalue weighted by Gasteiger charge is -2.23. The van der Waals surface area contributed by atoms with Crippen LogP contribution in [0.1, 0.15) is 35.4 Å². The summed E-state index contributed by atoms with van der Waals surface area (Å²) in [6, 6.07) is 13.9. The maximum absolute atomic E-state index is 9.04. The zero-order valence-corrected chi connectivity index (χ0v) is 14.4. The number of nitriles is 1. The van der Waals surface area contributed by atoms with Gasteiger partial charge in [-0.1, -0.05) is 30.4 Å². The van der Waals surface area contributed by atoms with Crippen LogP contribution < -0.4 is 10.5 Å². The first-order chi connectivity index (χ1) is 11.7. The molecule has 0 aliphatic heterocycles. The normalized spacial score (nSPS) is 19.7. The Morgan fingerprint density at radius 3 is 2.79 bits per heavy atom. The molecule has 122 valence electrons. The van der Waals surface area contributed by atoms with E-state index in [2.05, 4.69) is 40.1 Å². The van der Waals surface area contributed by atoms with E-state index in [1.165, 1.54) is 5.56 Å². The highest BCUT2D eigenvalue weighted by atomic mass is 32.2. The number of benzene rings is 1. The summed E-state index contributed by atoms with van der Waals surface area (Å²) < 4.78 is 3.27. The average Bonchev–Trinajstić information content (AvgIpc) is 2.60. The summed E-state index contributed by atoms with van der Waals surface area (Å²) in [6.07, 6.45) is 6.73. The van der Waals surface area contributed by atoms with Crippen LogP contribution in [0.3, 0.4) is 0 Å². The Morgan fingerprint density at radius 2 is 2.12 bits per heavy atom. The van der Waals surface area contributed by atoms with Crippen LogP contribution >= 0.6 is 11.9 Å². The molecule has 1 aliphatic carbocycles. The van der Waals surface area contributed by atoms with E-state index in [0.29, 0.717) is 17.0 Å². The topological polar surface area (TPSA) is 74.7 Å². The van der Waals surface area contributed by atoms with Gasteiger partial charge in [0.05, 0.1) is 11.6 Å². The second-order valence-electron chi connectivity index (χ2n) is 5.96. The molecule has 2 aromatic rings. The number of pyridine rings is 1. The lowest BCUT2D eigenvalue weighted by atomic mass is 9.88. The molecule has 3 rings (SSSR count). The molecule has 2 unspecified atom stereocenters. The van der Waals surface area contributed by atoms with E-state index >= 15 is 0 Å². The molecular formula is C19H20N4S. The third-order valence-electron chi connectivity index (χ3n) is 4.20. The van der Waals surface area contributed by atoms with Gasteiger partial charge in [-0.05, 0) is 61.0 Å². The molecule has 0 spiro atoms. The number of nitrogens with one attached hydrogen (secondary N) is 1. The third-order valence-corrected chi connectivity index (χ3v) is 5.23. The molecule has 1 aromatic heterocycles. The summed E-state index contributed by atoms with van der Waals surface area (Å²) in [5.74, 6) is 1.74. The second kappa shape index (κ2) is 7.41. The van der Waals surface area contributed by atoms with Crippen LogP contribution in [0, 0.1) is 18.3 Å². The van der Waals surface area contributed by atoms with Crippen molar-refractivity contribution in [3.8, 4) is 6.07 Å². The first-order valence-corrected chi connectivity index (χ1v) is 8.87. The molecule has 0 radical (unpaired) electrons. The summed E-state index contributed by atoms with van der Waals surface area (Å²) in [5.41, 5.74) is 8.78. The molecule has 0 fully saturated rings. The summed E-state index contributed by atoms with van der Waals surface area (Å²) in [4.78, 5) is 4.24. The first kappa shape index (κ1) is 16.4. The number of nitrogens with zero attached hydrogens (tertiary/aromatic N) is 2. The highest BCUT2D eigenvalue weighted by molar-refractivity contribution is 8.01. The van der Waals surface area contributed by atoms with Crippen LogP contribution in [-0.2, 0) is 0 Å². The van der Waals surface area contributed by atoms with Gasteiger partial charge >= 0.3 is 0 Å². The number of hydrogen-bond acceptors (Lipinski definition) is 5. The smallest absolute Gasteiger partial charge is 0.138 e. The van der Waals surface area contributed by atoms with Crippen LogP contribution in [0.2, 0.25) is 0 Å².